The lowest BCUT2D eigenvalue weighted by Gasteiger charge is -2.16. The Morgan fingerprint density at radius 1 is 1.21 bits per heavy atom. The van der Waals surface area contributed by atoms with E-state index in [1.165, 1.54) is 25.7 Å². The van der Waals surface area contributed by atoms with E-state index in [1.807, 2.05) is 18.2 Å². The van der Waals surface area contributed by atoms with Crippen molar-refractivity contribution in [2.75, 3.05) is 20.8 Å². The fraction of sp³-hybridized carbons (Fsp3) is 0.625. The van der Waals surface area contributed by atoms with Gasteiger partial charge < -0.3 is 14.8 Å². The molecule has 1 N–H and O–H groups in total. The summed E-state index contributed by atoms with van der Waals surface area (Å²) in [5.74, 6) is 1.81. The van der Waals surface area contributed by atoms with Crippen LogP contribution in [-0.2, 0) is 6.54 Å². The van der Waals surface area contributed by atoms with Crippen molar-refractivity contribution >= 4 is 0 Å². The Kier molecular flexibility index (Phi) is 4.70. The first-order chi connectivity index (χ1) is 9.23. The van der Waals surface area contributed by atoms with Gasteiger partial charge in [0.2, 0.25) is 0 Å². The van der Waals surface area contributed by atoms with Gasteiger partial charge in [-0.1, -0.05) is 13.3 Å². The summed E-state index contributed by atoms with van der Waals surface area (Å²) in [4.78, 5) is 0. The fourth-order valence-corrected chi connectivity index (χ4v) is 2.70. The minimum atomic E-state index is 0.584. The van der Waals surface area contributed by atoms with E-state index in [0.717, 1.165) is 30.2 Å². The Morgan fingerprint density at radius 2 is 2.00 bits per heavy atom. The van der Waals surface area contributed by atoms with Gasteiger partial charge in [-0.15, -0.1) is 0 Å². The molecule has 0 aliphatic heterocycles. The van der Waals surface area contributed by atoms with Crippen LogP contribution < -0.4 is 14.8 Å². The highest BCUT2D eigenvalue weighted by molar-refractivity contribution is 5.40. The van der Waals surface area contributed by atoms with Gasteiger partial charge in [-0.05, 0) is 42.9 Å². The Labute approximate surface area is 116 Å². The monoisotopic (exact) mass is 263 g/mol. The topological polar surface area (TPSA) is 30.5 Å². The maximum absolute atomic E-state index is 5.40. The van der Waals surface area contributed by atoms with Crippen LogP contribution >= 0.6 is 0 Å². The van der Waals surface area contributed by atoms with E-state index in [4.69, 9.17) is 9.47 Å². The Morgan fingerprint density at radius 3 is 2.58 bits per heavy atom. The first-order valence-electron chi connectivity index (χ1n) is 7.14. The van der Waals surface area contributed by atoms with Crippen LogP contribution in [0.5, 0.6) is 11.5 Å². The van der Waals surface area contributed by atoms with Crippen LogP contribution in [0.2, 0.25) is 0 Å². The van der Waals surface area contributed by atoms with Gasteiger partial charge in [0.25, 0.3) is 0 Å². The van der Waals surface area contributed by atoms with E-state index in [1.54, 1.807) is 14.2 Å². The summed E-state index contributed by atoms with van der Waals surface area (Å²) in [6.07, 6.45) is 5.38. The van der Waals surface area contributed by atoms with Gasteiger partial charge in [0.15, 0.2) is 0 Å². The SMILES string of the molecule is CCCC1(CNCc2cc(OC)ccc2OC)CC1. The molecule has 0 heterocycles. The van der Waals surface area contributed by atoms with E-state index in [0.29, 0.717) is 5.41 Å². The highest BCUT2D eigenvalue weighted by Crippen LogP contribution is 2.49. The van der Waals surface area contributed by atoms with Gasteiger partial charge in [-0.2, -0.15) is 0 Å². The normalized spacial score (nSPS) is 16.2. The molecule has 2 rings (SSSR count). The average Bonchev–Trinajstić information content (AvgIpc) is 3.19. The van der Waals surface area contributed by atoms with Crippen molar-refractivity contribution in [1.29, 1.82) is 0 Å². The van der Waals surface area contributed by atoms with E-state index < -0.39 is 0 Å². The van der Waals surface area contributed by atoms with Crippen LogP contribution in [0.3, 0.4) is 0 Å². The zero-order valence-corrected chi connectivity index (χ0v) is 12.3. The number of benzene rings is 1. The van der Waals surface area contributed by atoms with Gasteiger partial charge in [0.05, 0.1) is 14.2 Å². The molecule has 0 amide bonds. The second-order valence-corrected chi connectivity index (χ2v) is 5.53. The van der Waals surface area contributed by atoms with E-state index in [2.05, 4.69) is 12.2 Å². The Hall–Kier alpha value is -1.22. The van der Waals surface area contributed by atoms with E-state index >= 15 is 0 Å². The quantitative estimate of drug-likeness (QED) is 0.780. The van der Waals surface area contributed by atoms with Crippen molar-refractivity contribution in [3.05, 3.63) is 23.8 Å². The van der Waals surface area contributed by atoms with Crippen molar-refractivity contribution in [3.63, 3.8) is 0 Å². The van der Waals surface area contributed by atoms with Crippen LogP contribution in [0.25, 0.3) is 0 Å². The molecular weight excluding hydrogens is 238 g/mol. The number of nitrogens with one attached hydrogen (secondary N) is 1. The summed E-state index contributed by atoms with van der Waals surface area (Å²) in [7, 11) is 3.41. The van der Waals surface area contributed by atoms with E-state index in [-0.39, 0.29) is 0 Å². The molecule has 19 heavy (non-hydrogen) atoms. The molecule has 1 aromatic carbocycles. The molecule has 1 saturated carbocycles. The average molecular weight is 263 g/mol. The van der Waals surface area contributed by atoms with Crippen molar-refractivity contribution in [1.82, 2.24) is 5.32 Å². The van der Waals surface area contributed by atoms with E-state index in [9.17, 15) is 0 Å². The summed E-state index contributed by atoms with van der Waals surface area (Å²) in [6.45, 7) is 4.22. The molecule has 0 unspecified atom stereocenters. The maximum Gasteiger partial charge on any atom is 0.123 e. The van der Waals surface area contributed by atoms with Gasteiger partial charge in [0.1, 0.15) is 11.5 Å². The molecule has 1 aliphatic carbocycles. The van der Waals surface area contributed by atoms with Crippen LogP contribution in [0.1, 0.15) is 38.2 Å². The van der Waals surface area contributed by atoms with Crippen LogP contribution in [0, 0.1) is 5.41 Å². The third-order valence-electron chi connectivity index (χ3n) is 4.04. The van der Waals surface area contributed by atoms with Crippen molar-refractivity contribution in [3.8, 4) is 11.5 Å². The molecule has 1 aliphatic rings. The number of hydrogen-bond donors (Lipinski definition) is 1. The third kappa shape index (κ3) is 3.63. The largest absolute Gasteiger partial charge is 0.497 e. The number of methoxy groups -OCH3 is 2. The second kappa shape index (κ2) is 6.29. The molecule has 0 saturated heterocycles. The molecule has 0 aromatic heterocycles. The zero-order valence-electron chi connectivity index (χ0n) is 12.3. The summed E-state index contributed by atoms with van der Waals surface area (Å²) in [5, 5.41) is 3.58. The van der Waals surface area contributed by atoms with Crippen molar-refractivity contribution < 1.29 is 9.47 Å². The first-order valence-corrected chi connectivity index (χ1v) is 7.14. The van der Waals surface area contributed by atoms with Crippen molar-refractivity contribution in [2.24, 2.45) is 5.41 Å². The Balaban J connectivity index is 1.91. The number of rotatable bonds is 8. The van der Waals surface area contributed by atoms with Gasteiger partial charge >= 0.3 is 0 Å². The summed E-state index contributed by atoms with van der Waals surface area (Å²) >= 11 is 0. The third-order valence-corrected chi connectivity index (χ3v) is 4.04. The summed E-state index contributed by atoms with van der Waals surface area (Å²) in [5.41, 5.74) is 1.75. The predicted molar refractivity (Wildman–Crippen MR) is 77.8 cm³/mol. The molecule has 0 bridgehead atoms. The molecule has 106 valence electrons. The van der Waals surface area contributed by atoms with Gasteiger partial charge in [-0.25, -0.2) is 0 Å². The zero-order chi connectivity index (χ0) is 13.7. The molecule has 0 spiro atoms. The standard InChI is InChI=1S/C16H25NO2/c1-4-7-16(8-9-16)12-17-11-13-10-14(18-2)5-6-15(13)19-3/h5-6,10,17H,4,7-9,11-12H2,1-3H3. The predicted octanol–water partition coefficient (Wildman–Crippen LogP) is 3.37. The Bertz CT molecular complexity index is 413. The van der Waals surface area contributed by atoms with Crippen LogP contribution in [0.15, 0.2) is 18.2 Å². The molecule has 0 radical (unpaired) electrons. The van der Waals surface area contributed by atoms with Crippen LogP contribution in [0.4, 0.5) is 0 Å². The lowest BCUT2D eigenvalue weighted by atomic mass is 10.0. The lowest BCUT2D eigenvalue weighted by molar-refractivity contribution is 0.390. The fourth-order valence-electron chi connectivity index (χ4n) is 2.70. The van der Waals surface area contributed by atoms with Gasteiger partial charge in [-0.3, -0.25) is 0 Å². The lowest BCUT2D eigenvalue weighted by Crippen LogP contribution is -2.23. The highest BCUT2D eigenvalue weighted by Gasteiger charge is 2.40. The molecule has 3 heteroatoms. The summed E-state index contributed by atoms with van der Waals surface area (Å²) in [6, 6.07) is 5.95. The molecule has 0 atom stereocenters. The summed E-state index contributed by atoms with van der Waals surface area (Å²) < 4.78 is 10.7. The minimum Gasteiger partial charge on any atom is -0.497 e. The molecule has 1 aromatic rings. The maximum atomic E-state index is 5.40. The smallest absolute Gasteiger partial charge is 0.123 e. The first kappa shape index (κ1) is 14.2. The highest BCUT2D eigenvalue weighted by atomic mass is 16.5. The molecule has 1 fully saturated rings. The van der Waals surface area contributed by atoms with Crippen molar-refractivity contribution in [2.45, 2.75) is 39.2 Å². The second-order valence-electron chi connectivity index (χ2n) is 5.53. The number of hydrogen-bond acceptors (Lipinski definition) is 3. The minimum absolute atomic E-state index is 0.584. The number of ether oxygens (including phenoxy) is 2. The van der Waals surface area contributed by atoms with Crippen LogP contribution in [-0.4, -0.2) is 20.8 Å². The molecule has 3 nitrogen and oxygen atoms in total. The molecular formula is C16H25NO2. The van der Waals surface area contributed by atoms with Gasteiger partial charge in [0, 0.05) is 18.7 Å².